The van der Waals surface area contributed by atoms with Gasteiger partial charge in [0.1, 0.15) is 5.75 Å². The smallest absolute Gasteiger partial charge is 0.264 e. The molecule has 0 fully saturated rings. The van der Waals surface area contributed by atoms with Crippen LogP contribution in [0.1, 0.15) is 31.4 Å². The van der Waals surface area contributed by atoms with Gasteiger partial charge in [-0.3, -0.25) is 4.79 Å². The first-order valence-electron chi connectivity index (χ1n) is 7.78. The maximum absolute atomic E-state index is 12.4. The molecular weight excluding hydrogens is 314 g/mol. The molecule has 1 N–H and O–H groups in total. The Bertz CT molecular complexity index is 765. The standard InChI is InChI=1S/C17H21NO4S/c1-17(2,16(19)18-14-8-9-23(20,21)11-14)22-15-7-6-12-4-3-5-13(12)10-15/h6-10,14H,3-5,11H2,1-2H3,(H,18,19)/t14-/m1/s1. The molecule has 0 saturated carbocycles. The zero-order valence-electron chi connectivity index (χ0n) is 13.3. The number of fused-ring (bicyclic) bond motifs is 1. The monoisotopic (exact) mass is 335 g/mol. The first kappa shape index (κ1) is 16.1. The molecule has 2 aliphatic rings. The van der Waals surface area contributed by atoms with E-state index in [1.165, 1.54) is 17.2 Å². The number of hydrogen-bond acceptors (Lipinski definition) is 4. The van der Waals surface area contributed by atoms with E-state index in [0.717, 1.165) is 24.7 Å². The molecule has 5 nitrogen and oxygen atoms in total. The second-order valence-corrected chi connectivity index (χ2v) is 8.57. The number of carbonyl (C=O) groups is 1. The second kappa shape index (κ2) is 5.67. The van der Waals surface area contributed by atoms with Crippen molar-refractivity contribution in [2.24, 2.45) is 0 Å². The molecule has 1 aromatic rings. The maximum atomic E-state index is 12.4. The van der Waals surface area contributed by atoms with Crippen molar-refractivity contribution in [3.63, 3.8) is 0 Å². The molecule has 1 atom stereocenters. The summed E-state index contributed by atoms with van der Waals surface area (Å²) in [7, 11) is -3.19. The van der Waals surface area contributed by atoms with Crippen molar-refractivity contribution in [1.82, 2.24) is 5.32 Å². The summed E-state index contributed by atoms with van der Waals surface area (Å²) in [5.41, 5.74) is 1.55. The highest BCUT2D eigenvalue weighted by molar-refractivity contribution is 7.94. The fourth-order valence-electron chi connectivity index (χ4n) is 2.96. The van der Waals surface area contributed by atoms with Gasteiger partial charge in [-0.15, -0.1) is 0 Å². The van der Waals surface area contributed by atoms with E-state index in [0.29, 0.717) is 5.75 Å². The fourth-order valence-corrected chi connectivity index (χ4v) is 4.20. The molecule has 1 aromatic carbocycles. The van der Waals surface area contributed by atoms with E-state index in [1.807, 2.05) is 12.1 Å². The minimum Gasteiger partial charge on any atom is -0.478 e. The lowest BCUT2D eigenvalue weighted by Gasteiger charge is -2.27. The number of ether oxygens (including phenoxy) is 1. The number of sulfone groups is 1. The molecule has 1 heterocycles. The highest BCUT2D eigenvalue weighted by Gasteiger charge is 2.33. The van der Waals surface area contributed by atoms with Crippen LogP contribution in [0.3, 0.4) is 0 Å². The number of benzene rings is 1. The number of amides is 1. The molecule has 124 valence electrons. The molecule has 0 aromatic heterocycles. The average molecular weight is 335 g/mol. The molecule has 0 saturated heterocycles. The van der Waals surface area contributed by atoms with Gasteiger partial charge >= 0.3 is 0 Å². The summed E-state index contributed by atoms with van der Waals surface area (Å²) >= 11 is 0. The van der Waals surface area contributed by atoms with E-state index >= 15 is 0 Å². The topological polar surface area (TPSA) is 72.5 Å². The molecule has 0 unspecified atom stereocenters. The van der Waals surface area contributed by atoms with Gasteiger partial charge in [0, 0.05) is 5.41 Å². The van der Waals surface area contributed by atoms with Crippen molar-refractivity contribution in [3.05, 3.63) is 40.8 Å². The molecule has 1 amide bonds. The molecule has 1 aliphatic carbocycles. The first-order valence-corrected chi connectivity index (χ1v) is 9.49. The molecule has 0 bridgehead atoms. The lowest BCUT2D eigenvalue weighted by Crippen LogP contribution is -2.50. The summed E-state index contributed by atoms with van der Waals surface area (Å²) in [6, 6.07) is 5.45. The highest BCUT2D eigenvalue weighted by atomic mass is 32.2. The molecule has 23 heavy (non-hydrogen) atoms. The summed E-state index contributed by atoms with van der Waals surface area (Å²) < 4.78 is 28.7. The number of aryl methyl sites for hydroxylation is 2. The average Bonchev–Trinajstić information content (AvgIpc) is 3.04. The quantitative estimate of drug-likeness (QED) is 0.910. The van der Waals surface area contributed by atoms with Crippen molar-refractivity contribution in [3.8, 4) is 5.75 Å². The normalized spacial score (nSPS) is 21.9. The third kappa shape index (κ3) is 3.58. The van der Waals surface area contributed by atoms with Crippen LogP contribution < -0.4 is 10.1 Å². The van der Waals surface area contributed by atoms with Gasteiger partial charge in [0.25, 0.3) is 5.91 Å². The highest BCUT2D eigenvalue weighted by Crippen LogP contribution is 2.28. The van der Waals surface area contributed by atoms with Gasteiger partial charge in [-0.25, -0.2) is 8.42 Å². The van der Waals surface area contributed by atoms with E-state index in [1.54, 1.807) is 13.8 Å². The van der Waals surface area contributed by atoms with Gasteiger partial charge in [-0.2, -0.15) is 0 Å². The number of hydrogen-bond donors (Lipinski definition) is 1. The minimum atomic E-state index is -3.19. The van der Waals surface area contributed by atoms with Crippen LogP contribution in [0.15, 0.2) is 29.7 Å². The molecule has 1 aliphatic heterocycles. The van der Waals surface area contributed by atoms with E-state index in [2.05, 4.69) is 11.4 Å². The van der Waals surface area contributed by atoms with E-state index in [9.17, 15) is 13.2 Å². The fraction of sp³-hybridized carbons (Fsp3) is 0.471. The minimum absolute atomic E-state index is 0.0896. The Hall–Kier alpha value is -1.82. The number of nitrogens with one attached hydrogen (secondary N) is 1. The summed E-state index contributed by atoms with van der Waals surface area (Å²) in [6.07, 6.45) is 4.80. The van der Waals surface area contributed by atoms with Crippen molar-refractivity contribution in [2.45, 2.75) is 44.8 Å². The summed E-state index contributed by atoms with van der Waals surface area (Å²) in [5, 5.41) is 3.86. The Kier molecular flexibility index (Phi) is 3.96. The van der Waals surface area contributed by atoms with E-state index in [4.69, 9.17) is 4.74 Å². The molecule has 0 radical (unpaired) electrons. The van der Waals surface area contributed by atoms with Crippen molar-refractivity contribution < 1.29 is 17.9 Å². The first-order chi connectivity index (χ1) is 10.8. The van der Waals surface area contributed by atoms with Crippen LogP contribution in [0.25, 0.3) is 0 Å². The SMILES string of the molecule is CC(C)(Oc1ccc2c(c1)CCC2)C(=O)N[C@@H]1C=CS(=O)(=O)C1. The van der Waals surface area contributed by atoms with Gasteiger partial charge in [0.2, 0.25) is 0 Å². The van der Waals surface area contributed by atoms with Crippen LogP contribution in [0.5, 0.6) is 5.75 Å². The molecule has 6 heteroatoms. The Labute approximate surface area is 136 Å². The number of rotatable bonds is 4. The molecule has 0 spiro atoms. The Balaban J connectivity index is 1.66. The van der Waals surface area contributed by atoms with Gasteiger partial charge in [-0.05, 0) is 62.4 Å². The third-order valence-electron chi connectivity index (χ3n) is 4.24. The largest absolute Gasteiger partial charge is 0.478 e. The van der Waals surface area contributed by atoms with Crippen molar-refractivity contribution in [1.29, 1.82) is 0 Å². The Morgan fingerprint density at radius 3 is 2.70 bits per heavy atom. The number of carbonyl (C=O) groups excluding carboxylic acids is 1. The zero-order chi connectivity index (χ0) is 16.7. The third-order valence-corrected chi connectivity index (χ3v) is 5.63. The predicted molar refractivity (Wildman–Crippen MR) is 88.0 cm³/mol. The van der Waals surface area contributed by atoms with Gasteiger partial charge < -0.3 is 10.1 Å². The van der Waals surface area contributed by atoms with Gasteiger partial charge in [0.15, 0.2) is 15.4 Å². The molecule has 3 rings (SSSR count). The van der Waals surface area contributed by atoms with Crippen LogP contribution >= 0.6 is 0 Å². The van der Waals surface area contributed by atoms with Crippen LogP contribution in [0.4, 0.5) is 0 Å². The molecular formula is C17H21NO4S. The Morgan fingerprint density at radius 1 is 1.26 bits per heavy atom. The van der Waals surface area contributed by atoms with Crippen LogP contribution in [0, 0.1) is 0 Å². The lowest BCUT2D eigenvalue weighted by atomic mass is 10.1. The summed E-state index contributed by atoms with van der Waals surface area (Å²) in [5.74, 6) is 0.248. The Morgan fingerprint density at radius 2 is 2.00 bits per heavy atom. The van der Waals surface area contributed by atoms with Crippen LogP contribution in [-0.2, 0) is 27.5 Å². The predicted octanol–water partition coefficient (Wildman–Crippen LogP) is 1.76. The van der Waals surface area contributed by atoms with Crippen LogP contribution in [-0.4, -0.2) is 31.7 Å². The van der Waals surface area contributed by atoms with Gasteiger partial charge in [0.05, 0.1) is 11.8 Å². The summed E-state index contributed by atoms with van der Waals surface area (Å²) in [6.45, 7) is 3.37. The summed E-state index contributed by atoms with van der Waals surface area (Å²) in [4.78, 5) is 12.4. The second-order valence-electron chi connectivity index (χ2n) is 6.63. The maximum Gasteiger partial charge on any atom is 0.264 e. The van der Waals surface area contributed by atoms with Gasteiger partial charge in [-0.1, -0.05) is 6.07 Å². The van der Waals surface area contributed by atoms with Crippen LogP contribution in [0.2, 0.25) is 0 Å². The lowest BCUT2D eigenvalue weighted by molar-refractivity contribution is -0.134. The van der Waals surface area contributed by atoms with Crippen molar-refractivity contribution in [2.75, 3.05) is 5.75 Å². The van der Waals surface area contributed by atoms with E-state index in [-0.39, 0.29) is 11.7 Å². The van der Waals surface area contributed by atoms with E-state index < -0.39 is 21.5 Å². The van der Waals surface area contributed by atoms with Crippen molar-refractivity contribution >= 4 is 15.7 Å². The zero-order valence-corrected chi connectivity index (χ0v) is 14.2.